The summed E-state index contributed by atoms with van der Waals surface area (Å²) in [6, 6.07) is 12.8. The predicted molar refractivity (Wildman–Crippen MR) is 89.9 cm³/mol. The van der Waals surface area contributed by atoms with Crippen LogP contribution in [0.25, 0.3) is 0 Å². The molecule has 4 heteroatoms. The van der Waals surface area contributed by atoms with E-state index in [2.05, 4.69) is 6.07 Å². The second kappa shape index (κ2) is 5.78. The van der Waals surface area contributed by atoms with Crippen molar-refractivity contribution in [2.24, 2.45) is 0 Å². The van der Waals surface area contributed by atoms with E-state index in [4.69, 9.17) is 0 Å². The van der Waals surface area contributed by atoms with Crippen molar-refractivity contribution >= 4 is 11.9 Å². The lowest BCUT2D eigenvalue weighted by Crippen LogP contribution is -2.48. The zero-order chi connectivity index (χ0) is 16.7. The Morgan fingerprint density at radius 1 is 0.958 bits per heavy atom. The van der Waals surface area contributed by atoms with Crippen LogP contribution in [-0.2, 0) is 30.6 Å². The molecule has 24 heavy (non-hydrogen) atoms. The van der Waals surface area contributed by atoms with Gasteiger partial charge in [0.05, 0.1) is 0 Å². The second-order valence-electron chi connectivity index (χ2n) is 6.56. The van der Waals surface area contributed by atoms with Crippen LogP contribution < -0.4 is 0 Å². The minimum atomic E-state index is -0.939. The van der Waals surface area contributed by atoms with Gasteiger partial charge in [-0.3, -0.25) is 4.79 Å². The average Bonchev–Trinajstić information content (AvgIpc) is 3.08. The molecule has 1 aliphatic carbocycles. The Bertz CT molecular complexity index is 827. The Morgan fingerprint density at radius 2 is 1.71 bits per heavy atom. The number of carbonyl (C=O) groups is 2. The maximum Gasteiger partial charge on any atom is 0.326 e. The molecule has 2 aromatic rings. The summed E-state index contributed by atoms with van der Waals surface area (Å²) in [7, 11) is 0. The second-order valence-corrected chi connectivity index (χ2v) is 6.56. The van der Waals surface area contributed by atoms with E-state index in [1.165, 1.54) is 10.5 Å². The molecular formula is C20H19NO3. The fraction of sp³-hybridized carbons (Fsp3) is 0.300. The molecule has 1 atom stereocenters. The first-order chi connectivity index (χ1) is 11.6. The van der Waals surface area contributed by atoms with Gasteiger partial charge in [0, 0.05) is 18.5 Å². The van der Waals surface area contributed by atoms with E-state index in [0.717, 1.165) is 36.0 Å². The first-order valence-corrected chi connectivity index (χ1v) is 8.36. The molecule has 2 aliphatic rings. The first kappa shape index (κ1) is 14.9. The van der Waals surface area contributed by atoms with E-state index in [-0.39, 0.29) is 5.91 Å². The fourth-order valence-corrected chi connectivity index (χ4v) is 3.93. The molecule has 0 fully saturated rings. The number of aryl methyl sites for hydroxylation is 1. The van der Waals surface area contributed by atoms with Gasteiger partial charge in [0.2, 0.25) is 0 Å². The number of nitrogens with zero attached hydrogens (tertiary/aromatic N) is 1. The number of rotatable bonds is 2. The number of carbonyl (C=O) groups excluding carboxylic acids is 1. The molecular weight excluding hydrogens is 302 g/mol. The van der Waals surface area contributed by atoms with Crippen molar-refractivity contribution in [3.05, 3.63) is 70.3 Å². The Hall–Kier alpha value is -2.62. The third-order valence-corrected chi connectivity index (χ3v) is 5.17. The van der Waals surface area contributed by atoms with Gasteiger partial charge in [-0.2, -0.15) is 0 Å². The van der Waals surface area contributed by atoms with Gasteiger partial charge in [0.25, 0.3) is 5.91 Å². The maximum absolute atomic E-state index is 13.1. The summed E-state index contributed by atoms with van der Waals surface area (Å²) >= 11 is 0. The van der Waals surface area contributed by atoms with Crippen LogP contribution >= 0.6 is 0 Å². The molecule has 1 N–H and O–H groups in total. The van der Waals surface area contributed by atoms with Crippen molar-refractivity contribution < 1.29 is 14.7 Å². The van der Waals surface area contributed by atoms with Gasteiger partial charge in [-0.1, -0.05) is 36.4 Å². The van der Waals surface area contributed by atoms with E-state index in [1.807, 2.05) is 36.4 Å². The van der Waals surface area contributed by atoms with Crippen molar-refractivity contribution in [1.82, 2.24) is 4.90 Å². The normalized spacial score (nSPS) is 18.8. The molecule has 2 aromatic carbocycles. The highest BCUT2D eigenvalue weighted by Crippen LogP contribution is 2.29. The van der Waals surface area contributed by atoms with Crippen LogP contribution in [0, 0.1) is 0 Å². The average molecular weight is 321 g/mol. The topological polar surface area (TPSA) is 57.6 Å². The molecule has 1 heterocycles. The summed E-state index contributed by atoms with van der Waals surface area (Å²) < 4.78 is 0. The zero-order valence-electron chi connectivity index (χ0n) is 13.4. The molecule has 0 aromatic heterocycles. The van der Waals surface area contributed by atoms with Gasteiger partial charge >= 0.3 is 5.97 Å². The molecule has 0 spiro atoms. The highest BCUT2D eigenvalue weighted by Gasteiger charge is 2.36. The van der Waals surface area contributed by atoms with Crippen molar-refractivity contribution in [3.63, 3.8) is 0 Å². The summed E-state index contributed by atoms with van der Waals surface area (Å²) in [5.41, 5.74) is 5.06. The van der Waals surface area contributed by atoms with Crippen molar-refractivity contribution in [3.8, 4) is 0 Å². The van der Waals surface area contributed by atoms with Crippen LogP contribution in [0.1, 0.15) is 39.0 Å². The standard InChI is InChI=1S/C20H19NO3/c22-19(17-10-4-8-13-7-3-9-16(13)17)21-12-15-6-2-1-5-14(15)11-18(21)20(23)24/h1-2,4-6,8,10,18H,3,7,9,11-12H2,(H,23,24). The summed E-state index contributed by atoms with van der Waals surface area (Å²) in [6.07, 6.45) is 3.33. The van der Waals surface area contributed by atoms with Gasteiger partial charge in [0.1, 0.15) is 6.04 Å². The SMILES string of the molecule is O=C(O)C1Cc2ccccc2CN1C(=O)c1cccc2c1CCC2. The van der Waals surface area contributed by atoms with Crippen LogP contribution in [0.2, 0.25) is 0 Å². The van der Waals surface area contributed by atoms with Gasteiger partial charge in [0.15, 0.2) is 0 Å². The number of hydrogen-bond donors (Lipinski definition) is 1. The van der Waals surface area contributed by atoms with Crippen LogP contribution in [-0.4, -0.2) is 27.9 Å². The first-order valence-electron chi connectivity index (χ1n) is 8.36. The maximum atomic E-state index is 13.1. The summed E-state index contributed by atoms with van der Waals surface area (Å²) in [4.78, 5) is 26.4. The Balaban J connectivity index is 1.73. The van der Waals surface area contributed by atoms with Crippen LogP contribution in [0.15, 0.2) is 42.5 Å². The molecule has 0 saturated carbocycles. The molecule has 0 radical (unpaired) electrons. The quantitative estimate of drug-likeness (QED) is 0.925. The number of amides is 1. The summed E-state index contributed by atoms with van der Waals surface area (Å²) in [5.74, 6) is -1.10. The van der Waals surface area contributed by atoms with E-state index in [1.54, 1.807) is 0 Å². The molecule has 122 valence electrons. The molecule has 4 rings (SSSR count). The number of carboxylic acids is 1. The van der Waals surface area contributed by atoms with E-state index < -0.39 is 12.0 Å². The lowest BCUT2D eigenvalue weighted by Gasteiger charge is -2.35. The Morgan fingerprint density at radius 3 is 2.50 bits per heavy atom. The minimum absolute atomic E-state index is 0.157. The molecule has 1 unspecified atom stereocenters. The summed E-state index contributed by atoms with van der Waals surface area (Å²) in [6.45, 7) is 0.357. The number of hydrogen-bond acceptors (Lipinski definition) is 2. The number of carboxylic acid groups (broad SMARTS) is 1. The predicted octanol–water partition coefficient (Wildman–Crippen LogP) is 2.83. The largest absolute Gasteiger partial charge is 0.480 e. The van der Waals surface area contributed by atoms with E-state index in [9.17, 15) is 14.7 Å². The van der Waals surface area contributed by atoms with E-state index >= 15 is 0 Å². The number of aliphatic carboxylic acids is 1. The van der Waals surface area contributed by atoms with Gasteiger partial charge < -0.3 is 10.0 Å². The van der Waals surface area contributed by atoms with Gasteiger partial charge in [-0.05, 0) is 47.6 Å². The molecule has 1 amide bonds. The third-order valence-electron chi connectivity index (χ3n) is 5.17. The molecule has 1 aliphatic heterocycles. The van der Waals surface area contributed by atoms with Crippen molar-refractivity contribution in [2.45, 2.75) is 38.3 Å². The molecule has 4 nitrogen and oxygen atoms in total. The summed E-state index contributed by atoms with van der Waals surface area (Å²) in [5, 5.41) is 9.63. The third kappa shape index (κ3) is 2.39. The Labute approximate surface area is 140 Å². The van der Waals surface area contributed by atoms with Gasteiger partial charge in [-0.15, -0.1) is 0 Å². The molecule has 0 saturated heterocycles. The minimum Gasteiger partial charge on any atom is -0.480 e. The highest BCUT2D eigenvalue weighted by atomic mass is 16.4. The fourth-order valence-electron chi connectivity index (χ4n) is 3.93. The monoisotopic (exact) mass is 321 g/mol. The lowest BCUT2D eigenvalue weighted by molar-refractivity contribution is -0.142. The van der Waals surface area contributed by atoms with E-state index in [0.29, 0.717) is 18.5 Å². The van der Waals surface area contributed by atoms with Crippen molar-refractivity contribution in [1.29, 1.82) is 0 Å². The number of benzene rings is 2. The van der Waals surface area contributed by atoms with Crippen LogP contribution in [0.4, 0.5) is 0 Å². The van der Waals surface area contributed by atoms with Crippen molar-refractivity contribution in [2.75, 3.05) is 0 Å². The van der Waals surface area contributed by atoms with Gasteiger partial charge in [-0.25, -0.2) is 4.79 Å². The molecule has 0 bridgehead atoms. The Kier molecular flexibility index (Phi) is 3.60. The van der Waals surface area contributed by atoms with Crippen LogP contribution in [0.3, 0.4) is 0 Å². The van der Waals surface area contributed by atoms with Crippen LogP contribution in [0.5, 0.6) is 0 Å². The highest BCUT2D eigenvalue weighted by molar-refractivity contribution is 5.98. The number of fused-ring (bicyclic) bond motifs is 2. The lowest BCUT2D eigenvalue weighted by atomic mass is 9.92. The smallest absolute Gasteiger partial charge is 0.326 e. The zero-order valence-corrected chi connectivity index (χ0v) is 13.4.